The fraction of sp³-hybridized carbons (Fsp3) is 0.455. The van der Waals surface area contributed by atoms with Crippen molar-refractivity contribution in [1.29, 1.82) is 5.26 Å². The number of rotatable bonds is 7. The summed E-state index contributed by atoms with van der Waals surface area (Å²) in [5, 5.41) is 12.0. The average Bonchev–Trinajstić information content (AvgIpc) is 3.48. The van der Waals surface area contributed by atoms with E-state index in [2.05, 4.69) is 70.7 Å². The molecule has 0 aliphatic carbocycles. The van der Waals surface area contributed by atoms with Crippen LogP contribution in [0, 0.1) is 18.3 Å². The van der Waals surface area contributed by atoms with Gasteiger partial charge < -0.3 is 29.1 Å². The Morgan fingerprint density at radius 1 is 1.16 bits per heavy atom. The number of aromatic nitrogens is 2. The number of benzene rings is 2. The summed E-state index contributed by atoms with van der Waals surface area (Å²) in [6.45, 7) is 9.95. The number of nitriles is 1. The first-order valence-corrected chi connectivity index (χ1v) is 15.0. The molecule has 0 N–H and O–H groups in total. The first-order chi connectivity index (χ1) is 20.9. The first kappa shape index (κ1) is 28.9. The predicted molar refractivity (Wildman–Crippen MR) is 166 cm³/mol. The highest BCUT2D eigenvalue weighted by molar-refractivity contribution is 5.97. The molecule has 3 aliphatic heterocycles. The summed E-state index contributed by atoms with van der Waals surface area (Å²) in [5.74, 6) is 0.688. The molecule has 43 heavy (non-hydrogen) atoms. The van der Waals surface area contributed by atoms with E-state index in [0.717, 1.165) is 30.0 Å². The number of likely N-dealkylation sites (N-methyl/N-ethyl adjacent to an activating group) is 1. The second kappa shape index (κ2) is 12.2. The summed E-state index contributed by atoms with van der Waals surface area (Å²) in [7, 11) is 4.05. The van der Waals surface area contributed by atoms with Crippen LogP contribution in [0.4, 0.5) is 11.5 Å². The van der Waals surface area contributed by atoms with Crippen molar-refractivity contribution in [3.63, 3.8) is 0 Å². The summed E-state index contributed by atoms with van der Waals surface area (Å²) in [5.41, 5.74) is 4.49. The number of carbonyl (C=O) groups excluding carboxylic acids is 1. The monoisotopic (exact) mass is 581 g/mol. The third-order valence-corrected chi connectivity index (χ3v) is 8.94. The van der Waals surface area contributed by atoms with Gasteiger partial charge in [-0.3, -0.25) is 4.79 Å². The third kappa shape index (κ3) is 5.63. The summed E-state index contributed by atoms with van der Waals surface area (Å²) >= 11 is 0. The highest BCUT2D eigenvalue weighted by atomic mass is 16.6. The summed E-state index contributed by atoms with van der Waals surface area (Å²) in [6.07, 6.45) is 2.15. The van der Waals surface area contributed by atoms with Crippen LogP contribution in [0.2, 0.25) is 0 Å². The van der Waals surface area contributed by atoms with Crippen LogP contribution >= 0.6 is 0 Å². The number of carbonyl (C=O) groups is 1. The Morgan fingerprint density at radius 2 is 1.98 bits per heavy atom. The van der Waals surface area contributed by atoms with Gasteiger partial charge in [0.05, 0.1) is 50.0 Å². The number of piperazine rings is 1. The molecule has 2 fully saturated rings. The molecule has 3 aromatic rings. The lowest BCUT2D eigenvalue weighted by Gasteiger charge is -2.42. The quantitative estimate of drug-likeness (QED) is 0.389. The highest BCUT2D eigenvalue weighted by Gasteiger charge is 2.36. The number of anilines is 2. The minimum absolute atomic E-state index is 0.103. The third-order valence-electron chi connectivity index (χ3n) is 8.94. The lowest BCUT2D eigenvalue weighted by atomic mass is 9.99. The van der Waals surface area contributed by atoms with Gasteiger partial charge in [-0.05, 0) is 50.5 Å². The molecule has 2 saturated heterocycles. The van der Waals surface area contributed by atoms with Crippen LogP contribution in [0.25, 0.3) is 10.8 Å². The van der Waals surface area contributed by atoms with Crippen molar-refractivity contribution in [1.82, 2.24) is 19.8 Å². The van der Waals surface area contributed by atoms with E-state index >= 15 is 0 Å². The fourth-order valence-electron chi connectivity index (χ4n) is 6.67. The standard InChI is InChI=1S/C33H39N7O3/c1-5-30(41)40-17-16-39(18-24(40)12-14-34)32-25-13-15-38(27-11-7-10-23-9-6-8-22(2)31(23)27)19-26(25)35-33(36-32)43-29-21-42-20-28(29)37(3)4/h5-11,24,28-29H,1,12-13,15-21H2,2-4H3/t24-,28+,29-/m0/s1. The molecule has 224 valence electrons. The fourth-order valence-corrected chi connectivity index (χ4v) is 6.67. The van der Waals surface area contributed by atoms with Gasteiger partial charge in [0.15, 0.2) is 0 Å². The Morgan fingerprint density at radius 3 is 2.74 bits per heavy atom. The number of hydrogen-bond acceptors (Lipinski definition) is 9. The predicted octanol–water partition coefficient (Wildman–Crippen LogP) is 3.33. The second-order valence-electron chi connectivity index (χ2n) is 11.8. The zero-order valence-corrected chi connectivity index (χ0v) is 25.2. The van der Waals surface area contributed by atoms with E-state index in [-0.39, 0.29) is 30.5 Å². The number of hydrogen-bond donors (Lipinski definition) is 0. The SMILES string of the molecule is C=CC(=O)N1CCN(c2nc(O[C@H]3COC[C@H]3N(C)C)nc3c2CCN(c2cccc4cccc(C)c24)C3)C[C@@H]1CC#N. The van der Waals surface area contributed by atoms with Crippen molar-refractivity contribution >= 4 is 28.2 Å². The van der Waals surface area contributed by atoms with Gasteiger partial charge in [-0.15, -0.1) is 0 Å². The lowest BCUT2D eigenvalue weighted by Crippen LogP contribution is -2.55. The topological polar surface area (TPSA) is 98.1 Å². The Bertz CT molecular complexity index is 1560. The molecular formula is C33H39N7O3. The van der Waals surface area contributed by atoms with Gasteiger partial charge >= 0.3 is 6.01 Å². The maximum atomic E-state index is 12.6. The van der Waals surface area contributed by atoms with E-state index in [1.165, 1.54) is 28.1 Å². The van der Waals surface area contributed by atoms with Crippen molar-refractivity contribution in [3.8, 4) is 12.1 Å². The number of aryl methyl sites for hydroxylation is 1. The molecule has 1 aromatic heterocycles. The molecule has 3 atom stereocenters. The van der Waals surface area contributed by atoms with E-state index < -0.39 is 0 Å². The van der Waals surface area contributed by atoms with Crippen LogP contribution in [-0.4, -0.2) is 97.4 Å². The Labute approximate surface area is 253 Å². The van der Waals surface area contributed by atoms with Crippen molar-refractivity contribution < 1.29 is 14.3 Å². The van der Waals surface area contributed by atoms with E-state index in [1.54, 1.807) is 4.90 Å². The molecule has 3 aliphatic rings. The molecule has 10 nitrogen and oxygen atoms in total. The molecule has 0 saturated carbocycles. The minimum Gasteiger partial charge on any atom is -0.456 e. The average molecular weight is 582 g/mol. The molecule has 10 heteroatoms. The molecule has 0 spiro atoms. The molecule has 0 radical (unpaired) electrons. The molecule has 4 heterocycles. The number of nitrogens with zero attached hydrogens (tertiary/aromatic N) is 7. The van der Waals surface area contributed by atoms with Gasteiger partial charge in [-0.2, -0.15) is 15.2 Å². The van der Waals surface area contributed by atoms with Gasteiger partial charge in [0.1, 0.15) is 11.9 Å². The van der Waals surface area contributed by atoms with Gasteiger partial charge in [-0.25, -0.2) is 0 Å². The van der Waals surface area contributed by atoms with Gasteiger partial charge in [0.25, 0.3) is 0 Å². The lowest BCUT2D eigenvalue weighted by molar-refractivity contribution is -0.128. The maximum Gasteiger partial charge on any atom is 0.319 e. The van der Waals surface area contributed by atoms with Crippen LogP contribution < -0.4 is 14.5 Å². The van der Waals surface area contributed by atoms with Crippen LogP contribution in [0.1, 0.15) is 23.2 Å². The zero-order chi connectivity index (χ0) is 30.1. The minimum atomic E-state index is -0.251. The Kier molecular flexibility index (Phi) is 8.19. The van der Waals surface area contributed by atoms with Crippen LogP contribution in [-0.2, 0) is 22.5 Å². The Balaban J connectivity index is 1.37. The van der Waals surface area contributed by atoms with Crippen molar-refractivity contribution in [2.24, 2.45) is 0 Å². The molecule has 2 aromatic carbocycles. The number of ether oxygens (including phenoxy) is 2. The second-order valence-corrected chi connectivity index (χ2v) is 11.8. The van der Waals surface area contributed by atoms with Gasteiger partial charge in [0.2, 0.25) is 5.91 Å². The molecular weight excluding hydrogens is 542 g/mol. The molecule has 6 rings (SSSR count). The number of amides is 1. The van der Waals surface area contributed by atoms with Crippen molar-refractivity contribution in [3.05, 3.63) is 65.9 Å². The number of fused-ring (bicyclic) bond motifs is 2. The maximum absolute atomic E-state index is 12.6. The van der Waals surface area contributed by atoms with Crippen molar-refractivity contribution in [2.75, 3.05) is 63.3 Å². The van der Waals surface area contributed by atoms with Gasteiger partial charge in [-0.1, -0.05) is 36.9 Å². The van der Waals surface area contributed by atoms with Gasteiger partial charge in [0, 0.05) is 42.8 Å². The molecule has 0 bridgehead atoms. The zero-order valence-electron chi connectivity index (χ0n) is 25.2. The van der Waals surface area contributed by atoms with Crippen molar-refractivity contribution in [2.45, 2.75) is 44.5 Å². The Hall–Kier alpha value is -4.20. The van der Waals surface area contributed by atoms with E-state index in [4.69, 9.17) is 19.4 Å². The van der Waals surface area contributed by atoms with E-state index in [9.17, 15) is 10.1 Å². The molecule has 0 unspecified atom stereocenters. The van der Waals surface area contributed by atoms with E-state index in [0.29, 0.717) is 45.4 Å². The summed E-state index contributed by atoms with van der Waals surface area (Å²) in [4.78, 5) is 31.0. The first-order valence-electron chi connectivity index (χ1n) is 15.0. The smallest absolute Gasteiger partial charge is 0.319 e. The van der Waals surface area contributed by atoms with Crippen LogP contribution in [0.3, 0.4) is 0 Å². The normalized spacial score (nSPS) is 22.0. The summed E-state index contributed by atoms with van der Waals surface area (Å²) < 4.78 is 12.2. The molecule has 1 amide bonds. The van der Waals surface area contributed by atoms with Crippen LogP contribution in [0.5, 0.6) is 6.01 Å². The van der Waals surface area contributed by atoms with E-state index in [1.807, 2.05) is 14.1 Å². The largest absolute Gasteiger partial charge is 0.456 e. The summed E-state index contributed by atoms with van der Waals surface area (Å²) in [6, 6.07) is 15.4. The van der Waals surface area contributed by atoms with Crippen LogP contribution in [0.15, 0.2) is 49.1 Å². The highest BCUT2D eigenvalue weighted by Crippen LogP contribution is 2.36.